The van der Waals surface area contributed by atoms with Crippen molar-refractivity contribution >= 4 is 22.6 Å². The van der Waals surface area contributed by atoms with Crippen molar-refractivity contribution in [3.8, 4) is 5.75 Å². The van der Waals surface area contributed by atoms with E-state index in [2.05, 4.69) is 5.32 Å². The van der Waals surface area contributed by atoms with Crippen LogP contribution in [0.4, 0.5) is 5.69 Å². The molecule has 1 N–H and O–H groups in total. The summed E-state index contributed by atoms with van der Waals surface area (Å²) in [7, 11) is 3.18. The number of methoxy groups -OCH3 is 2. The summed E-state index contributed by atoms with van der Waals surface area (Å²) in [5, 5.41) is 3.79. The van der Waals surface area contributed by atoms with Gasteiger partial charge < -0.3 is 19.2 Å². The highest BCUT2D eigenvalue weighted by atomic mass is 16.5. The van der Waals surface area contributed by atoms with Gasteiger partial charge in [0.25, 0.3) is 0 Å². The molecule has 31 heavy (non-hydrogen) atoms. The Labute approximate surface area is 181 Å². The van der Waals surface area contributed by atoms with Crippen LogP contribution in [0.3, 0.4) is 0 Å². The largest absolute Gasteiger partial charge is 0.497 e. The number of nitrogens with one attached hydrogen (secondary N) is 1. The molecular formula is C24H28N2O5. The summed E-state index contributed by atoms with van der Waals surface area (Å²) in [6.45, 7) is 5.55. The molecule has 0 aliphatic carbocycles. The van der Waals surface area contributed by atoms with Crippen LogP contribution in [-0.2, 0) is 16.1 Å². The molecule has 7 nitrogen and oxygen atoms in total. The van der Waals surface area contributed by atoms with Crippen LogP contribution < -0.4 is 15.7 Å². The lowest BCUT2D eigenvalue weighted by molar-refractivity contribution is -0.117. The van der Waals surface area contributed by atoms with Crippen LogP contribution in [0.5, 0.6) is 5.75 Å². The summed E-state index contributed by atoms with van der Waals surface area (Å²) in [6.07, 6.45) is 0. The smallest absolute Gasteiger partial charge is 0.336 e. The molecular weight excluding hydrogens is 396 g/mol. The van der Waals surface area contributed by atoms with Crippen molar-refractivity contribution in [2.45, 2.75) is 20.4 Å². The Hall–Kier alpha value is -3.16. The summed E-state index contributed by atoms with van der Waals surface area (Å²) in [5.41, 5.74) is 3.75. The predicted octanol–water partition coefficient (Wildman–Crippen LogP) is 3.51. The van der Waals surface area contributed by atoms with Gasteiger partial charge in [-0.05, 0) is 48.7 Å². The maximum Gasteiger partial charge on any atom is 0.336 e. The average Bonchev–Trinajstić information content (AvgIpc) is 2.74. The zero-order valence-corrected chi connectivity index (χ0v) is 18.4. The van der Waals surface area contributed by atoms with Crippen LogP contribution in [0.2, 0.25) is 0 Å². The minimum atomic E-state index is -0.442. The molecule has 1 amide bonds. The van der Waals surface area contributed by atoms with Crippen molar-refractivity contribution < 1.29 is 18.7 Å². The number of hydrogen-bond donors (Lipinski definition) is 1. The third-order valence-electron chi connectivity index (χ3n) is 5.29. The number of fused-ring (bicyclic) bond motifs is 1. The second-order valence-electron chi connectivity index (χ2n) is 7.45. The third kappa shape index (κ3) is 5.71. The lowest BCUT2D eigenvalue weighted by Gasteiger charge is -2.22. The number of carbonyl (C=O) groups excluding carboxylic acids is 1. The first-order valence-corrected chi connectivity index (χ1v) is 10.1. The van der Waals surface area contributed by atoms with Crippen molar-refractivity contribution in [1.82, 2.24) is 4.90 Å². The van der Waals surface area contributed by atoms with E-state index in [4.69, 9.17) is 13.9 Å². The predicted molar refractivity (Wildman–Crippen MR) is 121 cm³/mol. The standard InChI is InChI=1S/C24H28N2O5/c1-16-6-5-7-21(17(16)2)25-23(27)15-26(10-11-29-3)14-18-12-24(28)31-22-13-19(30-4)8-9-20(18)22/h5-9,12-13H,10-11,14-15H2,1-4H3,(H,25,27). The molecule has 0 fully saturated rings. The molecule has 0 atom stereocenters. The Morgan fingerprint density at radius 2 is 1.94 bits per heavy atom. The molecule has 3 aromatic rings. The van der Waals surface area contributed by atoms with Gasteiger partial charge in [-0.15, -0.1) is 0 Å². The van der Waals surface area contributed by atoms with Gasteiger partial charge in [0.1, 0.15) is 11.3 Å². The molecule has 7 heteroatoms. The van der Waals surface area contributed by atoms with E-state index >= 15 is 0 Å². The Morgan fingerprint density at radius 3 is 2.68 bits per heavy atom. The molecule has 1 heterocycles. The van der Waals surface area contributed by atoms with E-state index in [1.807, 2.05) is 49.1 Å². The number of benzene rings is 2. The maximum absolute atomic E-state index is 12.8. The fraction of sp³-hybridized carbons (Fsp3) is 0.333. The zero-order chi connectivity index (χ0) is 22.4. The minimum absolute atomic E-state index is 0.126. The van der Waals surface area contributed by atoms with Crippen LogP contribution in [0, 0.1) is 13.8 Å². The van der Waals surface area contributed by atoms with Gasteiger partial charge in [0.05, 0.1) is 20.3 Å². The number of hydrogen-bond acceptors (Lipinski definition) is 6. The van der Waals surface area contributed by atoms with E-state index in [-0.39, 0.29) is 12.5 Å². The normalized spacial score (nSPS) is 11.1. The number of rotatable bonds is 9. The number of anilines is 1. The summed E-state index contributed by atoms with van der Waals surface area (Å²) in [4.78, 5) is 26.8. The second-order valence-corrected chi connectivity index (χ2v) is 7.45. The fourth-order valence-corrected chi connectivity index (χ4v) is 3.42. The van der Waals surface area contributed by atoms with Gasteiger partial charge in [0.15, 0.2) is 0 Å². The van der Waals surface area contributed by atoms with Gasteiger partial charge in [-0.25, -0.2) is 4.79 Å². The Morgan fingerprint density at radius 1 is 1.13 bits per heavy atom. The first-order chi connectivity index (χ1) is 14.9. The molecule has 0 saturated carbocycles. The van der Waals surface area contributed by atoms with Gasteiger partial charge in [-0.3, -0.25) is 9.69 Å². The van der Waals surface area contributed by atoms with Gasteiger partial charge >= 0.3 is 5.63 Å². The van der Waals surface area contributed by atoms with E-state index in [1.54, 1.807) is 20.3 Å². The lowest BCUT2D eigenvalue weighted by Crippen LogP contribution is -2.35. The number of nitrogens with zero attached hydrogens (tertiary/aromatic N) is 1. The number of amides is 1. The molecule has 2 aromatic carbocycles. The van der Waals surface area contributed by atoms with Crippen molar-refractivity contribution in [2.24, 2.45) is 0 Å². The molecule has 0 radical (unpaired) electrons. The van der Waals surface area contributed by atoms with Gasteiger partial charge in [-0.1, -0.05) is 12.1 Å². The van der Waals surface area contributed by atoms with Crippen LogP contribution in [0.1, 0.15) is 16.7 Å². The Kier molecular flexibility index (Phi) is 7.44. The van der Waals surface area contributed by atoms with Crippen molar-refractivity contribution in [3.05, 3.63) is 69.6 Å². The quantitative estimate of drug-likeness (QED) is 0.530. The monoisotopic (exact) mass is 424 g/mol. The van der Waals surface area contributed by atoms with Crippen LogP contribution in [-0.4, -0.2) is 44.7 Å². The molecule has 0 aliphatic heterocycles. The molecule has 0 aliphatic rings. The van der Waals surface area contributed by atoms with Crippen molar-refractivity contribution in [3.63, 3.8) is 0 Å². The molecule has 164 valence electrons. The van der Waals surface area contributed by atoms with Crippen molar-refractivity contribution in [1.29, 1.82) is 0 Å². The summed E-state index contributed by atoms with van der Waals surface area (Å²) in [5.74, 6) is 0.482. The van der Waals surface area contributed by atoms with E-state index in [1.165, 1.54) is 6.07 Å². The second kappa shape index (κ2) is 10.2. The summed E-state index contributed by atoms with van der Waals surface area (Å²) < 4.78 is 15.8. The van der Waals surface area contributed by atoms with Crippen LogP contribution >= 0.6 is 0 Å². The topological polar surface area (TPSA) is 81.0 Å². The molecule has 0 saturated heterocycles. The van der Waals surface area contributed by atoms with Crippen LogP contribution in [0.15, 0.2) is 51.7 Å². The highest BCUT2D eigenvalue weighted by molar-refractivity contribution is 5.93. The first kappa shape index (κ1) is 22.5. The molecule has 0 unspecified atom stereocenters. The average molecular weight is 424 g/mol. The van der Waals surface area contributed by atoms with E-state index in [0.29, 0.717) is 31.0 Å². The van der Waals surface area contributed by atoms with Crippen molar-refractivity contribution in [2.75, 3.05) is 39.2 Å². The third-order valence-corrected chi connectivity index (χ3v) is 5.29. The molecule has 0 spiro atoms. The highest BCUT2D eigenvalue weighted by Crippen LogP contribution is 2.23. The number of ether oxygens (including phenoxy) is 2. The SMILES string of the molecule is COCCN(CC(=O)Nc1cccc(C)c1C)Cc1cc(=O)oc2cc(OC)ccc12. The first-order valence-electron chi connectivity index (χ1n) is 10.1. The van der Waals surface area contributed by atoms with Gasteiger partial charge in [0, 0.05) is 43.4 Å². The van der Waals surface area contributed by atoms with Gasteiger partial charge in [0.2, 0.25) is 5.91 Å². The lowest BCUT2D eigenvalue weighted by atomic mass is 10.1. The highest BCUT2D eigenvalue weighted by Gasteiger charge is 2.16. The van der Waals surface area contributed by atoms with E-state index in [9.17, 15) is 9.59 Å². The zero-order valence-electron chi connectivity index (χ0n) is 18.4. The Bertz CT molecular complexity index is 1120. The van der Waals surface area contributed by atoms with Crippen LogP contribution in [0.25, 0.3) is 11.0 Å². The fourth-order valence-electron chi connectivity index (χ4n) is 3.42. The van der Waals surface area contributed by atoms with Gasteiger partial charge in [-0.2, -0.15) is 0 Å². The summed E-state index contributed by atoms with van der Waals surface area (Å²) >= 11 is 0. The number of carbonyl (C=O) groups is 1. The molecule has 1 aromatic heterocycles. The van der Waals surface area contributed by atoms with E-state index < -0.39 is 5.63 Å². The minimum Gasteiger partial charge on any atom is -0.497 e. The Balaban J connectivity index is 1.82. The number of aryl methyl sites for hydroxylation is 1. The van der Waals surface area contributed by atoms with E-state index in [0.717, 1.165) is 27.8 Å². The molecule has 3 rings (SSSR count). The molecule has 0 bridgehead atoms. The maximum atomic E-state index is 12.8. The summed E-state index contributed by atoms with van der Waals surface area (Å²) in [6, 6.07) is 12.7.